The van der Waals surface area contributed by atoms with Crippen molar-refractivity contribution >= 4 is 33.3 Å². The third-order valence-electron chi connectivity index (χ3n) is 5.34. The summed E-state index contributed by atoms with van der Waals surface area (Å²) in [6.45, 7) is 4.47. The Morgan fingerprint density at radius 2 is 2.07 bits per heavy atom. The van der Waals surface area contributed by atoms with Crippen LogP contribution in [0, 0.1) is 0 Å². The Labute approximate surface area is 168 Å². The largest absolute Gasteiger partial charge is 0.268 e. The molecule has 27 heavy (non-hydrogen) atoms. The maximum atomic E-state index is 13.6. The molecule has 1 aliphatic carbocycles. The molecule has 0 amide bonds. The molecule has 4 rings (SSSR count). The summed E-state index contributed by atoms with van der Waals surface area (Å²) >= 11 is 3.46. The zero-order chi connectivity index (χ0) is 18.8. The fourth-order valence-corrected chi connectivity index (χ4v) is 6.32. The molecule has 3 aromatic rings. The number of rotatable bonds is 6. The van der Waals surface area contributed by atoms with Crippen LogP contribution in [0.3, 0.4) is 0 Å². The molecule has 5 heteroatoms. The lowest BCUT2D eigenvalue weighted by Crippen LogP contribution is -2.22. The van der Waals surface area contributed by atoms with Crippen LogP contribution in [0.4, 0.5) is 0 Å². The van der Waals surface area contributed by atoms with Gasteiger partial charge >= 0.3 is 0 Å². The van der Waals surface area contributed by atoms with Gasteiger partial charge in [0, 0.05) is 10.6 Å². The Kier molecular flexibility index (Phi) is 5.69. The third kappa shape index (κ3) is 3.59. The van der Waals surface area contributed by atoms with Crippen molar-refractivity contribution in [3.05, 3.63) is 51.1 Å². The highest BCUT2D eigenvalue weighted by molar-refractivity contribution is 7.99. The van der Waals surface area contributed by atoms with Gasteiger partial charge in [-0.2, -0.15) is 0 Å². The van der Waals surface area contributed by atoms with Crippen molar-refractivity contribution in [1.29, 1.82) is 0 Å². The van der Waals surface area contributed by atoms with Crippen LogP contribution in [0.5, 0.6) is 0 Å². The summed E-state index contributed by atoms with van der Waals surface area (Å²) < 4.78 is 1.84. The van der Waals surface area contributed by atoms with Crippen molar-refractivity contribution in [3.8, 4) is 5.69 Å². The normalized spacial score (nSPS) is 16.6. The molecule has 0 spiro atoms. The second kappa shape index (κ2) is 8.19. The lowest BCUT2D eigenvalue weighted by atomic mass is 9.88. The van der Waals surface area contributed by atoms with E-state index in [9.17, 15) is 4.79 Å². The highest BCUT2D eigenvalue weighted by atomic mass is 32.2. The van der Waals surface area contributed by atoms with Crippen LogP contribution in [-0.4, -0.2) is 15.3 Å². The van der Waals surface area contributed by atoms with Gasteiger partial charge in [0.05, 0.1) is 11.1 Å². The Bertz CT molecular complexity index is 991. The number of thioether (sulfide) groups is 1. The molecular weight excluding hydrogens is 372 g/mol. The molecule has 3 nitrogen and oxygen atoms in total. The molecule has 2 aromatic heterocycles. The van der Waals surface area contributed by atoms with Crippen LogP contribution in [0.2, 0.25) is 0 Å². The standard InChI is InChI=1S/C22H26N2OS2/c1-3-4-8-14-26-22-23-20-19(18-15(2)10-9-13-17(18)27-20)21(25)24(22)16-11-6-5-7-12-16/h5-7,11-12,15H,3-4,8-10,13-14H2,1-2H3/t15-/m1/s1. The molecule has 142 valence electrons. The lowest BCUT2D eigenvalue weighted by molar-refractivity contribution is 0.601. The summed E-state index contributed by atoms with van der Waals surface area (Å²) in [5.74, 6) is 1.45. The van der Waals surface area contributed by atoms with E-state index in [1.165, 1.54) is 29.7 Å². The number of nitrogens with zero attached hydrogens (tertiary/aromatic N) is 2. The van der Waals surface area contributed by atoms with Crippen LogP contribution in [0.15, 0.2) is 40.3 Å². The minimum absolute atomic E-state index is 0.107. The molecule has 0 N–H and O–H groups in total. The topological polar surface area (TPSA) is 34.9 Å². The van der Waals surface area contributed by atoms with Gasteiger partial charge < -0.3 is 0 Å². The summed E-state index contributed by atoms with van der Waals surface area (Å²) in [5.41, 5.74) is 2.29. The monoisotopic (exact) mass is 398 g/mol. The van der Waals surface area contributed by atoms with E-state index in [4.69, 9.17) is 4.98 Å². The number of hydrogen-bond donors (Lipinski definition) is 0. The number of para-hydroxylation sites is 1. The zero-order valence-corrected chi connectivity index (χ0v) is 17.7. The maximum Gasteiger partial charge on any atom is 0.267 e. The summed E-state index contributed by atoms with van der Waals surface area (Å²) in [4.78, 5) is 20.9. The van der Waals surface area contributed by atoms with Crippen LogP contribution in [0.25, 0.3) is 15.9 Å². The summed E-state index contributed by atoms with van der Waals surface area (Å²) in [6.07, 6.45) is 7.04. The Balaban J connectivity index is 1.89. The van der Waals surface area contributed by atoms with Crippen molar-refractivity contribution in [2.45, 2.75) is 63.4 Å². The van der Waals surface area contributed by atoms with Crippen LogP contribution < -0.4 is 5.56 Å². The number of aromatic nitrogens is 2. The molecule has 0 saturated carbocycles. The highest BCUT2D eigenvalue weighted by Crippen LogP contribution is 2.40. The summed E-state index contributed by atoms with van der Waals surface area (Å²) in [5, 5.41) is 1.70. The van der Waals surface area contributed by atoms with Crippen molar-refractivity contribution in [1.82, 2.24) is 9.55 Å². The van der Waals surface area contributed by atoms with Gasteiger partial charge in [0.25, 0.3) is 5.56 Å². The van der Waals surface area contributed by atoms with E-state index in [0.717, 1.165) is 46.1 Å². The minimum Gasteiger partial charge on any atom is -0.268 e. The SMILES string of the molecule is CCCCCSc1nc2sc3c(c2c(=O)n1-c1ccccc1)[C@H](C)CCC3. The predicted molar refractivity (Wildman–Crippen MR) is 117 cm³/mol. The molecule has 0 saturated heterocycles. The molecule has 0 bridgehead atoms. The molecule has 0 unspecified atom stereocenters. The fourth-order valence-electron chi connectivity index (χ4n) is 3.94. The Hall–Kier alpha value is -1.59. The maximum absolute atomic E-state index is 13.6. The molecule has 0 aliphatic heterocycles. The first-order valence-electron chi connectivity index (χ1n) is 9.97. The summed E-state index contributed by atoms with van der Waals surface area (Å²) in [7, 11) is 0. The first-order valence-corrected chi connectivity index (χ1v) is 11.8. The predicted octanol–water partition coefficient (Wildman–Crippen LogP) is 6.17. The second-order valence-corrected chi connectivity index (χ2v) is 9.48. The van der Waals surface area contributed by atoms with Gasteiger partial charge in [-0.05, 0) is 49.3 Å². The summed E-state index contributed by atoms with van der Waals surface area (Å²) in [6, 6.07) is 9.98. The van der Waals surface area contributed by atoms with Gasteiger partial charge in [-0.15, -0.1) is 11.3 Å². The number of aryl methyl sites for hydroxylation is 1. The van der Waals surface area contributed by atoms with E-state index in [2.05, 4.69) is 13.8 Å². The molecule has 1 aliphatic rings. The van der Waals surface area contributed by atoms with Gasteiger partial charge in [0.15, 0.2) is 5.16 Å². The van der Waals surface area contributed by atoms with Crippen LogP contribution in [0.1, 0.15) is 62.3 Å². The lowest BCUT2D eigenvalue weighted by Gasteiger charge is -2.19. The number of thiophene rings is 1. The smallest absolute Gasteiger partial charge is 0.267 e. The van der Waals surface area contributed by atoms with Crippen molar-refractivity contribution in [2.75, 3.05) is 5.75 Å². The average molecular weight is 399 g/mol. The van der Waals surface area contributed by atoms with E-state index in [1.807, 2.05) is 34.9 Å². The molecule has 2 heterocycles. The van der Waals surface area contributed by atoms with Gasteiger partial charge in [-0.1, -0.05) is 56.7 Å². The van der Waals surface area contributed by atoms with Gasteiger partial charge in [0.2, 0.25) is 0 Å². The highest BCUT2D eigenvalue weighted by Gasteiger charge is 2.26. The van der Waals surface area contributed by atoms with E-state index in [0.29, 0.717) is 5.92 Å². The molecule has 1 aromatic carbocycles. The van der Waals surface area contributed by atoms with Gasteiger partial charge in [-0.3, -0.25) is 9.36 Å². The first-order chi connectivity index (χ1) is 13.2. The average Bonchev–Trinajstić information content (AvgIpc) is 3.06. The van der Waals surface area contributed by atoms with E-state index in [-0.39, 0.29) is 5.56 Å². The Morgan fingerprint density at radius 1 is 1.26 bits per heavy atom. The second-order valence-electron chi connectivity index (χ2n) is 7.34. The van der Waals surface area contributed by atoms with E-state index >= 15 is 0 Å². The minimum atomic E-state index is 0.107. The molecule has 1 atom stereocenters. The third-order valence-corrected chi connectivity index (χ3v) is 7.52. The Morgan fingerprint density at radius 3 is 2.85 bits per heavy atom. The molecular formula is C22H26N2OS2. The zero-order valence-electron chi connectivity index (χ0n) is 16.0. The van der Waals surface area contributed by atoms with Crippen LogP contribution in [-0.2, 0) is 6.42 Å². The van der Waals surface area contributed by atoms with Crippen LogP contribution >= 0.6 is 23.1 Å². The van der Waals surface area contributed by atoms with E-state index < -0.39 is 0 Å². The van der Waals surface area contributed by atoms with Gasteiger partial charge in [-0.25, -0.2) is 4.98 Å². The van der Waals surface area contributed by atoms with E-state index in [1.54, 1.807) is 23.1 Å². The first kappa shape index (κ1) is 18.8. The van der Waals surface area contributed by atoms with Crippen molar-refractivity contribution < 1.29 is 0 Å². The van der Waals surface area contributed by atoms with Gasteiger partial charge in [0.1, 0.15) is 4.83 Å². The number of hydrogen-bond acceptors (Lipinski definition) is 4. The quantitative estimate of drug-likeness (QED) is 0.283. The molecule has 0 radical (unpaired) electrons. The fraction of sp³-hybridized carbons (Fsp3) is 0.455. The molecule has 0 fully saturated rings. The number of fused-ring (bicyclic) bond motifs is 3. The number of benzene rings is 1. The van der Waals surface area contributed by atoms with Crippen molar-refractivity contribution in [3.63, 3.8) is 0 Å². The van der Waals surface area contributed by atoms with Crippen molar-refractivity contribution in [2.24, 2.45) is 0 Å². The number of unbranched alkanes of at least 4 members (excludes halogenated alkanes) is 2.